The van der Waals surface area contributed by atoms with E-state index in [4.69, 9.17) is 4.74 Å². The molecule has 2 aromatic rings. The Morgan fingerprint density at radius 3 is 2.75 bits per heavy atom. The Bertz CT molecular complexity index is 742. The van der Waals surface area contributed by atoms with E-state index in [2.05, 4.69) is 37.4 Å². The van der Waals surface area contributed by atoms with Gasteiger partial charge in [0.05, 0.1) is 12.1 Å². The van der Waals surface area contributed by atoms with Crippen molar-refractivity contribution in [2.75, 3.05) is 11.9 Å². The molecule has 3 unspecified atom stereocenters. The minimum absolute atomic E-state index is 0.0334. The second kappa shape index (κ2) is 6.21. The quantitative estimate of drug-likeness (QED) is 0.778. The zero-order chi connectivity index (χ0) is 16.7. The summed E-state index contributed by atoms with van der Waals surface area (Å²) in [5.41, 5.74) is 4.39. The van der Waals surface area contributed by atoms with Crippen LogP contribution in [-0.4, -0.2) is 6.61 Å². The van der Waals surface area contributed by atoms with Gasteiger partial charge in [-0.25, -0.2) is 4.39 Å². The predicted molar refractivity (Wildman–Crippen MR) is 94.7 cm³/mol. The van der Waals surface area contributed by atoms with Crippen LogP contribution in [0.1, 0.15) is 61.4 Å². The highest BCUT2D eigenvalue weighted by Gasteiger charge is 2.40. The number of halogens is 1. The molecule has 0 aromatic heterocycles. The number of nitrogens with one attached hydrogen (secondary N) is 1. The Morgan fingerprint density at radius 2 is 1.96 bits per heavy atom. The summed E-state index contributed by atoms with van der Waals surface area (Å²) < 4.78 is 20.6. The summed E-state index contributed by atoms with van der Waals surface area (Å²) >= 11 is 0. The number of rotatable bonds is 2. The maximum Gasteiger partial charge on any atom is 0.128 e. The van der Waals surface area contributed by atoms with Crippen molar-refractivity contribution in [1.29, 1.82) is 0 Å². The van der Waals surface area contributed by atoms with Gasteiger partial charge in [0.1, 0.15) is 5.82 Å². The summed E-state index contributed by atoms with van der Waals surface area (Å²) in [5.74, 6) is 0.619. The molecule has 3 heteroatoms. The fourth-order valence-corrected chi connectivity index (χ4v) is 4.08. The Balaban J connectivity index is 1.79. The van der Waals surface area contributed by atoms with Gasteiger partial charge in [-0.3, -0.25) is 0 Å². The zero-order valence-corrected chi connectivity index (χ0v) is 14.3. The van der Waals surface area contributed by atoms with E-state index in [9.17, 15) is 4.39 Å². The maximum absolute atomic E-state index is 14.4. The molecule has 0 aliphatic carbocycles. The van der Waals surface area contributed by atoms with Crippen LogP contribution in [0.15, 0.2) is 42.5 Å². The topological polar surface area (TPSA) is 21.3 Å². The van der Waals surface area contributed by atoms with Crippen molar-refractivity contribution in [3.8, 4) is 0 Å². The highest BCUT2D eigenvalue weighted by Crippen LogP contribution is 2.49. The molecular formula is C21H24FNO. The lowest BCUT2D eigenvalue weighted by atomic mass is 9.77. The van der Waals surface area contributed by atoms with Crippen molar-refractivity contribution in [3.63, 3.8) is 0 Å². The van der Waals surface area contributed by atoms with Crippen LogP contribution in [0.2, 0.25) is 0 Å². The fourth-order valence-electron chi connectivity index (χ4n) is 4.08. The first-order valence-corrected chi connectivity index (χ1v) is 8.91. The van der Waals surface area contributed by atoms with E-state index in [1.54, 1.807) is 12.1 Å². The van der Waals surface area contributed by atoms with Gasteiger partial charge < -0.3 is 10.1 Å². The molecule has 2 nitrogen and oxygen atoms in total. The summed E-state index contributed by atoms with van der Waals surface area (Å²) in [5, 5.41) is 3.60. The van der Waals surface area contributed by atoms with Crippen molar-refractivity contribution in [2.24, 2.45) is 5.92 Å². The van der Waals surface area contributed by atoms with Crippen LogP contribution in [0.5, 0.6) is 0 Å². The number of hydrogen-bond donors (Lipinski definition) is 1. The van der Waals surface area contributed by atoms with Crippen molar-refractivity contribution >= 4 is 5.69 Å². The first-order chi connectivity index (χ1) is 11.6. The second-order valence-corrected chi connectivity index (χ2v) is 7.24. The molecule has 2 aliphatic rings. The number of benzene rings is 2. The molecule has 4 rings (SSSR count). The molecular weight excluding hydrogens is 301 g/mol. The molecule has 0 bridgehead atoms. The lowest BCUT2D eigenvalue weighted by Crippen LogP contribution is -2.36. The van der Waals surface area contributed by atoms with Crippen molar-refractivity contribution in [1.82, 2.24) is 0 Å². The van der Waals surface area contributed by atoms with Gasteiger partial charge in [-0.15, -0.1) is 0 Å². The van der Waals surface area contributed by atoms with Crippen molar-refractivity contribution < 1.29 is 9.13 Å². The lowest BCUT2D eigenvalue weighted by molar-refractivity contribution is -0.0384. The van der Waals surface area contributed by atoms with Gasteiger partial charge in [0.2, 0.25) is 0 Å². The highest BCUT2D eigenvalue weighted by atomic mass is 19.1. The Hall–Kier alpha value is -1.87. The van der Waals surface area contributed by atoms with Crippen molar-refractivity contribution in [3.05, 3.63) is 65.0 Å². The normalized spacial score (nSPS) is 25.8. The first-order valence-electron chi connectivity index (χ1n) is 8.91. The Morgan fingerprint density at radius 1 is 1.12 bits per heavy atom. The van der Waals surface area contributed by atoms with E-state index in [0.717, 1.165) is 30.7 Å². The van der Waals surface area contributed by atoms with E-state index in [-0.39, 0.29) is 23.9 Å². The third kappa shape index (κ3) is 2.61. The Labute approximate surface area is 143 Å². The third-order valence-corrected chi connectivity index (χ3v) is 5.40. The maximum atomic E-state index is 14.4. The molecule has 0 saturated carbocycles. The van der Waals surface area contributed by atoms with E-state index >= 15 is 0 Å². The molecule has 1 saturated heterocycles. The van der Waals surface area contributed by atoms with E-state index in [0.29, 0.717) is 5.92 Å². The number of ether oxygens (including phenoxy) is 1. The smallest absolute Gasteiger partial charge is 0.128 e. The summed E-state index contributed by atoms with van der Waals surface area (Å²) in [6.45, 7) is 5.20. The predicted octanol–water partition coefficient (Wildman–Crippen LogP) is 5.58. The molecule has 0 amide bonds. The van der Waals surface area contributed by atoms with Gasteiger partial charge in [-0.1, -0.05) is 44.2 Å². The zero-order valence-electron chi connectivity index (χ0n) is 14.3. The number of anilines is 1. The van der Waals surface area contributed by atoms with Crippen LogP contribution >= 0.6 is 0 Å². The Kier molecular flexibility index (Phi) is 4.05. The van der Waals surface area contributed by atoms with Gasteiger partial charge in [-0.05, 0) is 36.5 Å². The van der Waals surface area contributed by atoms with Gasteiger partial charge in [0.25, 0.3) is 0 Å². The first kappa shape index (κ1) is 15.6. The summed E-state index contributed by atoms with van der Waals surface area (Å²) in [4.78, 5) is 0. The summed E-state index contributed by atoms with van der Waals surface area (Å²) in [6.07, 6.45) is 2.15. The molecule has 24 heavy (non-hydrogen) atoms. The molecule has 2 heterocycles. The van der Waals surface area contributed by atoms with Gasteiger partial charge >= 0.3 is 0 Å². The largest absolute Gasteiger partial charge is 0.377 e. The summed E-state index contributed by atoms with van der Waals surface area (Å²) in [7, 11) is 0. The minimum atomic E-state index is -0.137. The van der Waals surface area contributed by atoms with Crippen LogP contribution in [0.25, 0.3) is 0 Å². The van der Waals surface area contributed by atoms with Gasteiger partial charge in [0.15, 0.2) is 0 Å². The van der Waals surface area contributed by atoms with E-state index < -0.39 is 0 Å². The van der Waals surface area contributed by atoms with E-state index in [1.807, 2.05) is 12.1 Å². The average molecular weight is 325 g/mol. The van der Waals surface area contributed by atoms with Crippen LogP contribution in [0.4, 0.5) is 10.1 Å². The second-order valence-electron chi connectivity index (χ2n) is 7.24. The monoisotopic (exact) mass is 325 g/mol. The SMILES string of the molecule is CC(C)c1ccc2c(c1)C1OCCCC1C(c1ccccc1F)N2. The number of fused-ring (bicyclic) bond motifs is 3. The van der Waals surface area contributed by atoms with Gasteiger partial charge in [-0.2, -0.15) is 0 Å². The van der Waals surface area contributed by atoms with Crippen LogP contribution in [0, 0.1) is 11.7 Å². The molecule has 2 aliphatic heterocycles. The van der Waals surface area contributed by atoms with Gasteiger partial charge in [0, 0.05) is 29.3 Å². The summed E-state index contributed by atoms with van der Waals surface area (Å²) in [6, 6.07) is 13.6. The van der Waals surface area contributed by atoms with Crippen LogP contribution in [-0.2, 0) is 4.74 Å². The molecule has 0 spiro atoms. The third-order valence-electron chi connectivity index (χ3n) is 5.40. The number of hydrogen-bond acceptors (Lipinski definition) is 2. The molecule has 2 aromatic carbocycles. The van der Waals surface area contributed by atoms with Crippen LogP contribution in [0.3, 0.4) is 0 Å². The molecule has 126 valence electrons. The molecule has 3 atom stereocenters. The average Bonchev–Trinajstić information content (AvgIpc) is 2.61. The molecule has 0 radical (unpaired) electrons. The van der Waals surface area contributed by atoms with E-state index in [1.165, 1.54) is 11.1 Å². The van der Waals surface area contributed by atoms with Crippen molar-refractivity contribution in [2.45, 2.75) is 44.8 Å². The minimum Gasteiger partial charge on any atom is -0.377 e. The standard InChI is InChI=1S/C21H24FNO/c1-13(2)14-9-10-19-17(12-14)21-16(7-5-11-24-21)20(23-19)15-6-3-4-8-18(15)22/h3-4,6,8-10,12-13,16,20-21,23H,5,7,11H2,1-2H3. The fraction of sp³-hybridized carbons (Fsp3) is 0.429. The lowest BCUT2D eigenvalue weighted by Gasteiger charge is -2.43. The molecule has 1 N–H and O–H groups in total. The highest BCUT2D eigenvalue weighted by molar-refractivity contribution is 5.58. The molecule has 1 fully saturated rings. The van der Waals surface area contributed by atoms with Crippen LogP contribution < -0.4 is 5.32 Å².